The molecule has 3 N–H and O–H groups in total. The maximum absolute atomic E-state index is 12.7. The first-order chi connectivity index (χ1) is 8.90. The lowest BCUT2D eigenvalue weighted by atomic mass is 10.1. The largest absolute Gasteiger partial charge is 0.480 e. The summed E-state index contributed by atoms with van der Waals surface area (Å²) in [6, 6.07) is 4.18. The summed E-state index contributed by atoms with van der Waals surface area (Å²) in [7, 11) is 0. The molecule has 0 aromatic heterocycles. The van der Waals surface area contributed by atoms with E-state index in [-0.39, 0.29) is 18.3 Å². The molecule has 0 spiro atoms. The Hall–Kier alpha value is -2.11. The lowest BCUT2D eigenvalue weighted by Gasteiger charge is -2.18. The van der Waals surface area contributed by atoms with Crippen LogP contribution in [0.5, 0.6) is 0 Å². The average Bonchev–Trinajstić information content (AvgIpc) is 2.34. The highest BCUT2D eigenvalue weighted by molar-refractivity contribution is 5.82. The van der Waals surface area contributed by atoms with Crippen LogP contribution in [0.2, 0.25) is 0 Å². The minimum atomic E-state index is -1.08. The standard InChI is InChI=1S/C13H17FN2O3/c1-8(2)11(12(17)18)16-13(19)15-7-9-3-5-10(14)6-4-9/h3-6,8,11H,7H2,1-2H3,(H,17,18)(H2,15,16,19)/t11-/m1/s1. The zero-order chi connectivity index (χ0) is 14.4. The molecule has 0 radical (unpaired) electrons. The Kier molecular flexibility index (Phi) is 5.29. The summed E-state index contributed by atoms with van der Waals surface area (Å²) >= 11 is 0. The van der Waals surface area contributed by atoms with Gasteiger partial charge < -0.3 is 15.7 Å². The van der Waals surface area contributed by atoms with Crippen molar-refractivity contribution in [3.63, 3.8) is 0 Å². The molecule has 1 rings (SSSR count). The van der Waals surface area contributed by atoms with Gasteiger partial charge in [-0.25, -0.2) is 14.0 Å². The second kappa shape index (κ2) is 6.72. The number of carbonyl (C=O) groups excluding carboxylic acids is 1. The molecule has 0 aliphatic carbocycles. The summed E-state index contributed by atoms with van der Waals surface area (Å²) in [4.78, 5) is 22.4. The number of nitrogens with one attached hydrogen (secondary N) is 2. The number of carbonyl (C=O) groups is 2. The van der Waals surface area contributed by atoms with Crippen molar-refractivity contribution < 1.29 is 19.1 Å². The lowest BCUT2D eigenvalue weighted by Crippen LogP contribution is -2.48. The van der Waals surface area contributed by atoms with Gasteiger partial charge in [-0.15, -0.1) is 0 Å². The van der Waals surface area contributed by atoms with Crippen LogP contribution >= 0.6 is 0 Å². The van der Waals surface area contributed by atoms with E-state index in [1.165, 1.54) is 12.1 Å². The van der Waals surface area contributed by atoms with E-state index in [1.807, 2.05) is 0 Å². The number of hydrogen-bond donors (Lipinski definition) is 3. The third kappa shape index (κ3) is 4.95. The van der Waals surface area contributed by atoms with Crippen molar-refractivity contribution in [3.8, 4) is 0 Å². The van der Waals surface area contributed by atoms with E-state index in [9.17, 15) is 14.0 Å². The van der Waals surface area contributed by atoms with E-state index in [2.05, 4.69) is 10.6 Å². The number of benzene rings is 1. The molecule has 19 heavy (non-hydrogen) atoms. The second-order valence-corrected chi connectivity index (χ2v) is 4.51. The molecular weight excluding hydrogens is 251 g/mol. The van der Waals surface area contributed by atoms with E-state index in [0.717, 1.165) is 5.56 Å². The normalized spacial score (nSPS) is 12.0. The van der Waals surface area contributed by atoms with Crippen molar-refractivity contribution >= 4 is 12.0 Å². The Bertz CT molecular complexity index is 446. The number of aliphatic carboxylic acids is 1. The van der Waals surface area contributed by atoms with Crippen LogP contribution in [-0.2, 0) is 11.3 Å². The summed E-state index contributed by atoms with van der Waals surface area (Å²) in [5.74, 6) is -1.64. The van der Waals surface area contributed by atoms with Gasteiger partial charge in [0, 0.05) is 6.54 Å². The zero-order valence-corrected chi connectivity index (χ0v) is 10.8. The molecule has 0 aliphatic rings. The van der Waals surface area contributed by atoms with Gasteiger partial charge in [-0.3, -0.25) is 0 Å². The van der Waals surface area contributed by atoms with Crippen LogP contribution in [0.15, 0.2) is 24.3 Å². The molecule has 1 aromatic carbocycles. The van der Waals surface area contributed by atoms with Crippen LogP contribution in [0.25, 0.3) is 0 Å². The SMILES string of the molecule is CC(C)[C@@H](NC(=O)NCc1ccc(F)cc1)C(=O)O. The van der Waals surface area contributed by atoms with Crippen LogP contribution in [0.3, 0.4) is 0 Å². The first-order valence-corrected chi connectivity index (χ1v) is 5.91. The number of hydrogen-bond acceptors (Lipinski definition) is 2. The fraction of sp³-hybridized carbons (Fsp3) is 0.385. The second-order valence-electron chi connectivity index (χ2n) is 4.51. The third-order valence-corrected chi connectivity index (χ3v) is 2.59. The highest BCUT2D eigenvalue weighted by atomic mass is 19.1. The van der Waals surface area contributed by atoms with Crippen molar-refractivity contribution in [2.45, 2.75) is 26.4 Å². The molecule has 104 valence electrons. The Labute approximate surface area is 110 Å². The Morgan fingerprint density at radius 2 is 1.84 bits per heavy atom. The number of urea groups is 1. The highest BCUT2D eigenvalue weighted by Crippen LogP contribution is 2.03. The van der Waals surface area contributed by atoms with E-state index >= 15 is 0 Å². The van der Waals surface area contributed by atoms with E-state index in [4.69, 9.17) is 5.11 Å². The minimum absolute atomic E-state index is 0.205. The van der Waals surface area contributed by atoms with Gasteiger partial charge in [-0.05, 0) is 23.6 Å². The number of amides is 2. The molecule has 0 bridgehead atoms. The Morgan fingerprint density at radius 1 is 1.26 bits per heavy atom. The number of rotatable bonds is 5. The smallest absolute Gasteiger partial charge is 0.326 e. The molecule has 2 amide bonds. The van der Waals surface area contributed by atoms with Gasteiger partial charge in [-0.2, -0.15) is 0 Å². The monoisotopic (exact) mass is 268 g/mol. The van der Waals surface area contributed by atoms with Crippen LogP contribution in [0, 0.1) is 11.7 Å². The summed E-state index contributed by atoms with van der Waals surface area (Å²) < 4.78 is 12.7. The topological polar surface area (TPSA) is 78.4 Å². The molecule has 5 nitrogen and oxygen atoms in total. The summed E-state index contributed by atoms with van der Waals surface area (Å²) in [5, 5.41) is 13.8. The van der Waals surface area contributed by atoms with Crippen molar-refractivity contribution in [3.05, 3.63) is 35.6 Å². The molecule has 6 heteroatoms. The average molecular weight is 268 g/mol. The van der Waals surface area contributed by atoms with Crippen molar-refractivity contribution in [1.29, 1.82) is 0 Å². The fourth-order valence-electron chi connectivity index (χ4n) is 1.49. The van der Waals surface area contributed by atoms with E-state index in [1.54, 1.807) is 26.0 Å². The van der Waals surface area contributed by atoms with Gasteiger partial charge in [0.25, 0.3) is 0 Å². The maximum atomic E-state index is 12.7. The van der Waals surface area contributed by atoms with E-state index in [0.29, 0.717) is 0 Å². The molecule has 0 saturated carbocycles. The van der Waals surface area contributed by atoms with Gasteiger partial charge >= 0.3 is 12.0 Å². The van der Waals surface area contributed by atoms with Crippen LogP contribution in [-0.4, -0.2) is 23.1 Å². The molecule has 0 unspecified atom stereocenters. The number of carboxylic acid groups (broad SMARTS) is 1. The van der Waals surface area contributed by atoms with Crippen LogP contribution < -0.4 is 10.6 Å². The first-order valence-electron chi connectivity index (χ1n) is 5.91. The van der Waals surface area contributed by atoms with Crippen LogP contribution in [0.1, 0.15) is 19.4 Å². The quantitative estimate of drug-likeness (QED) is 0.761. The molecule has 0 aliphatic heterocycles. The number of halogens is 1. The number of carboxylic acids is 1. The fourth-order valence-corrected chi connectivity index (χ4v) is 1.49. The summed E-state index contributed by atoms with van der Waals surface area (Å²) in [6.45, 7) is 3.62. The first kappa shape index (κ1) is 14.9. The Balaban J connectivity index is 2.47. The van der Waals surface area contributed by atoms with Crippen LogP contribution in [0.4, 0.5) is 9.18 Å². The molecule has 0 fully saturated rings. The summed E-state index contributed by atoms with van der Waals surface area (Å²) in [6.07, 6.45) is 0. The van der Waals surface area contributed by atoms with Gasteiger partial charge in [0.1, 0.15) is 11.9 Å². The predicted molar refractivity (Wildman–Crippen MR) is 68.0 cm³/mol. The molecule has 0 saturated heterocycles. The zero-order valence-electron chi connectivity index (χ0n) is 10.8. The predicted octanol–water partition coefficient (Wildman–Crippen LogP) is 1.73. The lowest BCUT2D eigenvalue weighted by molar-refractivity contribution is -0.140. The van der Waals surface area contributed by atoms with Gasteiger partial charge in [0.15, 0.2) is 0 Å². The molecule has 1 atom stereocenters. The maximum Gasteiger partial charge on any atom is 0.326 e. The minimum Gasteiger partial charge on any atom is -0.480 e. The van der Waals surface area contributed by atoms with Crippen molar-refractivity contribution in [2.24, 2.45) is 5.92 Å². The van der Waals surface area contributed by atoms with Gasteiger partial charge in [-0.1, -0.05) is 26.0 Å². The van der Waals surface area contributed by atoms with Crippen molar-refractivity contribution in [1.82, 2.24) is 10.6 Å². The van der Waals surface area contributed by atoms with Gasteiger partial charge in [0.05, 0.1) is 0 Å². The molecule has 0 heterocycles. The van der Waals surface area contributed by atoms with Crippen molar-refractivity contribution in [2.75, 3.05) is 0 Å². The molecule has 1 aromatic rings. The van der Waals surface area contributed by atoms with Gasteiger partial charge in [0.2, 0.25) is 0 Å². The summed E-state index contributed by atoms with van der Waals surface area (Å²) in [5.41, 5.74) is 0.730. The third-order valence-electron chi connectivity index (χ3n) is 2.59. The van der Waals surface area contributed by atoms with E-state index < -0.39 is 18.0 Å². The molecular formula is C13H17FN2O3. The highest BCUT2D eigenvalue weighted by Gasteiger charge is 2.23. The Morgan fingerprint density at radius 3 is 2.32 bits per heavy atom.